The lowest BCUT2D eigenvalue weighted by atomic mass is 9.92. The molecule has 3 aromatic rings. The zero-order valence-corrected chi connectivity index (χ0v) is 17.4. The molecule has 0 radical (unpaired) electrons. The second kappa shape index (κ2) is 9.29. The molecule has 1 N–H and O–H groups in total. The maximum Gasteiger partial charge on any atom is 0.161 e. The van der Waals surface area contributed by atoms with Gasteiger partial charge in [0.1, 0.15) is 0 Å². The summed E-state index contributed by atoms with van der Waals surface area (Å²) in [6.07, 6.45) is 1.15. The monoisotopic (exact) mass is 390 g/mol. The van der Waals surface area contributed by atoms with Crippen molar-refractivity contribution in [2.75, 3.05) is 39.9 Å². The van der Waals surface area contributed by atoms with Crippen LogP contribution in [-0.2, 0) is 0 Å². The first-order chi connectivity index (χ1) is 14.3. The van der Waals surface area contributed by atoms with Crippen molar-refractivity contribution in [1.82, 2.24) is 10.2 Å². The third kappa shape index (κ3) is 4.24. The standard InChI is InChI=1S/C25H30N2O2/c1-3-29-24-18-20(12-13-23(24)28-2)25(27-16-7-14-26-15-17-27)22-11-6-9-19-8-4-5-10-21(19)22/h4-6,8-13,18,25-26H,3,7,14-17H2,1-2H3. The fraction of sp³-hybridized carbons (Fsp3) is 0.360. The fourth-order valence-corrected chi connectivity index (χ4v) is 4.33. The van der Waals surface area contributed by atoms with Gasteiger partial charge in [0.2, 0.25) is 0 Å². The average molecular weight is 391 g/mol. The summed E-state index contributed by atoms with van der Waals surface area (Å²) in [6.45, 7) is 6.79. The molecule has 0 bridgehead atoms. The number of nitrogens with zero attached hydrogens (tertiary/aromatic N) is 1. The Morgan fingerprint density at radius 3 is 2.69 bits per heavy atom. The van der Waals surface area contributed by atoms with E-state index in [4.69, 9.17) is 9.47 Å². The summed E-state index contributed by atoms with van der Waals surface area (Å²) in [4.78, 5) is 2.60. The van der Waals surface area contributed by atoms with Crippen molar-refractivity contribution < 1.29 is 9.47 Å². The molecule has 1 fully saturated rings. The molecule has 3 aromatic carbocycles. The van der Waals surface area contributed by atoms with E-state index < -0.39 is 0 Å². The molecule has 29 heavy (non-hydrogen) atoms. The number of benzene rings is 3. The first-order valence-electron chi connectivity index (χ1n) is 10.5. The summed E-state index contributed by atoms with van der Waals surface area (Å²) in [6, 6.07) is 21.9. The number of nitrogens with one attached hydrogen (secondary N) is 1. The number of rotatable bonds is 6. The van der Waals surface area contributed by atoms with Gasteiger partial charge in [0.25, 0.3) is 0 Å². The van der Waals surface area contributed by atoms with Crippen LogP contribution in [0.3, 0.4) is 0 Å². The van der Waals surface area contributed by atoms with Crippen LogP contribution in [0, 0.1) is 0 Å². The Morgan fingerprint density at radius 1 is 0.966 bits per heavy atom. The molecule has 1 atom stereocenters. The SMILES string of the molecule is CCOc1cc(C(c2cccc3ccccc23)N2CCCNCC2)ccc1OC. The molecule has 1 aliphatic rings. The number of ether oxygens (including phenoxy) is 2. The van der Waals surface area contributed by atoms with Crippen LogP contribution in [0.15, 0.2) is 60.7 Å². The van der Waals surface area contributed by atoms with Crippen LogP contribution in [0.5, 0.6) is 11.5 Å². The van der Waals surface area contributed by atoms with Crippen LogP contribution < -0.4 is 14.8 Å². The molecular weight excluding hydrogens is 360 g/mol. The Morgan fingerprint density at radius 2 is 1.83 bits per heavy atom. The summed E-state index contributed by atoms with van der Waals surface area (Å²) in [5.41, 5.74) is 2.59. The lowest BCUT2D eigenvalue weighted by Crippen LogP contribution is -2.33. The van der Waals surface area contributed by atoms with Gasteiger partial charge in [-0.15, -0.1) is 0 Å². The zero-order valence-electron chi connectivity index (χ0n) is 17.4. The minimum Gasteiger partial charge on any atom is -0.493 e. The van der Waals surface area contributed by atoms with Gasteiger partial charge in [0.05, 0.1) is 19.8 Å². The Hall–Kier alpha value is -2.56. The quantitative estimate of drug-likeness (QED) is 0.665. The molecule has 1 heterocycles. The highest BCUT2D eigenvalue weighted by Gasteiger charge is 2.25. The summed E-state index contributed by atoms with van der Waals surface area (Å²) in [5, 5.41) is 6.13. The van der Waals surface area contributed by atoms with E-state index in [1.165, 1.54) is 21.9 Å². The third-order valence-electron chi connectivity index (χ3n) is 5.66. The molecule has 4 heteroatoms. The van der Waals surface area contributed by atoms with Crippen LogP contribution in [0.2, 0.25) is 0 Å². The Balaban J connectivity index is 1.86. The molecule has 1 saturated heterocycles. The van der Waals surface area contributed by atoms with Crippen LogP contribution in [0.4, 0.5) is 0 Å². The summed E-state index contributed by atoms with van der Waals surface area (Å²) in [5.74, 6) is 1.59. The summed E-state index contributed by atoms with van der Waals surface area (Å²) >= 11 is 0. The van der Waals surface area contributed by atoms with Gasteiger partial charge >= 0.3 is 0 Å². The minimum atomic E-state index is 0.172. The van der Waals surface area contributed by atoms with E-state index in [9.17, 15) is 0 Å². The average Bonchev–Trinajstić information content (AvgIpc) is 3.04. The Kier molecular flexibility index (Phi) is 6.33. The summed E-state index contributed by atoms with van der Waals surface area (Å²) in [7, 11) is 1.69. The van der Waals surface area contributed by atoms with Crippen molar-refractivity contribution in [2.45, 2.75) is 19.4 Å². The highest BCUT2D eigenvalue weighted by Crippen LogP contribution is 2.38. The van der Waals surface area contributed by atoms with Crippen molar-refractivity contribution in [3.63, 3.8) is 0 Å². The highest BCUT2D eigenvalue weighted by atomic mass is 16.5. The largest absolute Gasteiger partial charge is 0.493 e. The van der Waals surface area contributed by atoms with Crippen molar-refractivity contribution in [3.8, 4) is 11.5 Å². The van der Waals surface area contributed by atoms with Gasteiger partial charge in [0.15, 0.2) is 11.5 Å². The zero-order chi connectivity index (χ0) is 20.1. The minimum absolute atomic E-state index is 0.172. The van der Waals surface area contributed by atoms with Crippen LogP contribution in [0.1, 0.15) is 30.5 Å². The predicted octanol–water partition coefficient (Wildman–Crippen LogP) is 4.63. The molecule has 152 valence electrons. The Labute approximate surface area is 173 Å². The molecular formula is C25H30N2O2. The van der Waals surface area contributed by atoms with E-state index in [2.05, 4.69) is 64.8 Å². The van der Waals surface area contributed by atoms with E-state index >= 15 is 0 Å². The summed E-state index contributed by atoms with van der Waals surface area (Å²) < 4.78 is 11.4. The van der Waals surface area contributed by atoms with Crippen molar-refractivity contribution in [2.24, 2.45) is 0 Å². The molecule has 4 nitrogen and oxygen atoms in total. The van der Waals surface area contributed by atoms with Crippen LogP contribution in [-0.4, -0.2) is 44.8 Å². The number of hydrogen-bond acceptors (Lipinski definition) is 4. The van der Waals surface area contributed by atoms with Crippen LogP contribution in [0.25, 0.3) is 10.8 Å². The molecule has 1 unspecified atom stereocenters. The topological polar surface area (TPSA) is 33.7 Å². The second-order valence-corrected chi connectivity index (χ2v) is 7.45. The molecule has 1 aliphatic heterocycles. The molecule has 0 spiro atoms. The van der Waals surface area contributed by atoms with Crippen molar-refractivity contribution in [3.05, 3.63) is 71.8 Å². The van der Waals surface area contributed by atoms with Gasteiger partial charge in [-0.2, -0.15) is 0 Å². The molecule has 0 aromatic heterocycles. The van der Waals surface area contributed by atoms with Gasteiger partial charge < -0.3 is 14.8 Å². The van der Waals surface area contributed by atoms with Crippen molar-refractivity contribution >= 4 is 10.8 Å². The van der Waals surface area contributed by atoms with E-state index in [1.807, 2.05) is 13.0 Å². The van der Waals surface area contributed by atoms with E-state index in [0.29, 0.717) is 6.61 Å². The first kappa shape index (κ1) is 19.7. The van der Waals surface area contributed by atoms with Gasteiger partial charge in [0, 0.05) is 19.6 Å². The lowest BCUT2D eigenvalue weighted by molar-refractivity contribution is 0.241. The maximum atomic E-state index is 5.90. The van der Waals surface area contributed by atoms with E-state index in [-0.39, 0.29) is 6.04 Å². The highest BCUT2D eigenvalue weighted by molar-refractivity contribution is 5.86. The van der Waals surface area contributed by atoms with Crippen LogP contribution >= 0.6 is 0 Å². The van der Waals surface area contributed by atoms with E-state index in [0.717, 1.165) is 44.1 Å². The second-order valence-electron chi connectivity index (χ2n) is 7.45. The van der Waals surface area contributed by atoms with E-state index in [1.54, 1.807) is 7.11 Å². The number of hydrogen-bond donors (Lipinski definition) is 1. The maximum absolute atomic E-state index is 5.90. The normalized spacial score (nSPS) is 16.3. The van der Waals surface area contributed by atoms with Crippen molar-refractivity contribution in [1.29, 1.82) is 0 Å². The smallest absolute Gasteiger partial charge is 0.161 e. The van der Waals surface area contributed by atoms with Gasteiger partial charge in [-0.1, -0.05) is 48.5 Å². The van der Waals surface area contributed by atoms with Gasteiger partial charge in [-0.05, 0) is 53.9 Å². The number of fused-ring (bicyclic) bond motifs is 1. The fourth-order valence-electron chi connectivity index (χ4n) is 4.33. The van der Waals surface area contributed by atoms with Gasteiger partial charge in [-0.25, -0.2) is 0 Å². The molecule has 0 amide bonds. The molecule has 0 saturated carbocycles. The third-order valence-corrected chi connectivity index (χ3v) is 5.66. The predicted molar refractivity (Wildman–Crippen MR) is 119 cm³/mol. The van der Waals surface area contributed by atoms with Gasteiger partial charge in [-0.3, -0.25) is 4.90 Å². The Bertz CT molecular complexity index is 943. The molecule has 4 rings (SSSR count). The number of methoxy groups -OCH3 is 1. The lowest BCUT2D eigenvalue weighted by Gasteiger charge is -2.32. The molecule has 0 aliphatic carbocycles. The first-order valence-corrected chi connectivity index (χ1v) is 10.5.